The van der Waals surface area contributed by atoms with E-state index in [0.717, 1.165) is 6.54 Å². The third kappa shape index (κ3) is 3.61. The summed E-state index contributed by atoms with van der Waals surface area (Å²) in [4.78, 5) is 13.9. The fourth-order valence-electron chi connectivity index (χ4n) is 1.36. The topological polar surface area (TPSA) is 58.4 Å². The summed E-state index contributed by atoms with van der Waals surface area (Å²) in [5, 5.41) is 3.34. The maximum absolute atomic E-state index is 11.9. The van der Waals surface area contributed by atoms with Crippen molar-refractivity contribution in [3.05, 3.63) is 23.2 Å². The number of nitrogens with two attached hydrogens (primary N) is 1. The molecule has 1 atom stereocenters. The molecule has 0 aliphatic rings. The Labute approximate surface area is 107 Å². The first kappa shape index (κ1) is 13.8. The van der Waals surface area contributed by atoms with Crippen LogP contribution in [0.2, 0.25) is 5.02 Å². The van der Waals surface area contributed by atoms with Crippen LogP contribution in [-0.4, -0.2) is 30.4 Å². The van der Waals surface area contributed by atoms with Crippen molar-refractivity contribution < 1.29 is 4.79 Å². The molecule has 1 aromatic carbocycles. The summed E-state index contributed by atoms with van der Waals surface area (Å²) < 4.78 is 0. The van der Waals surface area contributed by atoms with E-state index in [1.807, 2.05) is 25.8 Å². The van der Waals surface area contributed by atoms with E-state index in [-0.39, 0.29) is 11.9 Å². The van der Waals surface area contributed by atoms with Crippen molar-refractivity contribution in [1.82, 2.24) is 4.90 Å². The molecule has 0 spiro atoms. The predicted octanol–water partition coefficient (Wildman–Crippen LogP) is 2.20. The van der Waals surface area contributed by atoms with Gasteiger partial charge in [0.05, 0.1) is 17.4 Å². The minimum atomic E-state index is -0.199. The van der Waals surface area contributed by atoms with E-state index in [1.54, 1.807) is 18.2 Å². The van der Waals surface area contributed by atoms with Gasteiger partial charge in [0.25, 0.3) is 0 Å². The second kappa shape index (κ2) is 5.89. The lowest BCUT2D eigenvalue weighted by Gasteiger charge is -2.22. The van der Waals surface area contributed by atoms with Crippen LogP contribution >= 0.6 is 11.6 Å². The number of hydrogen-bond donors (Lipinski definition) is 2. The van der Waals surface area contributed by atoms with Crippen LogP contribution in [0.4, 0.5) is 11.4 Å². The van der Waals surface area contributed by atoms with Gasteiger partial charge in [-0.1, -0.05) is 18.5 Å². The Hall–Kier alpha value is -1.26. The van der Waals surface area contributed by atoms with Crippen molar-refractivity contribution in [3.63, 3.8) is 0 Å². The molecule has 5 heteroatoms. The molecule has 0 aliphatic heterocycles. The van der Waals surface area contributed by atoms with Gasteiger partial charge >= 0.3 is 0 Å². The molecule has 0 fully saturated rings. The van der Waals surface area contributed by atoms with Crippen molar-refractivity contribution >= 4 is 28.9 Å². The summed E-state index contributed by atoms with van der Waals surface area (Å²) >= 11 is 5.79. The molecule has 94 valence electrons. The van der Waals surface area contributed by atoms with Gasteiger partial charge in [0.15, 0.2) is 0 Å². The number of carbonyl (C=O) groups excluding carboxylic acids is 1. The molecule has 1 unspecified atom stereocenters. The van der Waals surface area contributed by atoms with Crippen LogP contribution in [0.1, 0.15) is 13.8 Å². The number of anilines is 2. The van der Waals surface area contributed by atoms with Crippen LogP contribution in [0.3, 0.4) is 0 Å². The van der Waals surface area contributed by atoms with E-state index in [9.17, 15) is 4.79 Å². The number of amides is 1. The minimum Gasteiger partial charge on any atom is -0.397 e. The van der Waals surface area contributed by atoms with Gasteiger partial charge < -0.3 is 11.1 Å². The van der Waals surface area contributed by atoms with Crippen LogP contribution in [0, 0.1) is 0 Å². The molecule has 3 N–H and O–H groups in total. The van der Waals surface area contributed by atoms with Crippen LogP contribution < -0.4 is 11.1 Å². The molecule has 1 aromatic rings. The quantitative estimate of drug-likeness (QED) is 0.811. The molecule has 0 saturated heterocycles. The van der Waals surface area contributed by atoms with E-state index < -0.39 is 0 Å². The molecule has 4 nitrogen and oxygen atoms in total. The molecule has 0 bridgehead atoms. The second-order valence-corrected chi connectivity index (χ2v) is 4.41. The molecule has 0 aliphatic carbocycles. The zero-order valence-corrected chi connectivity index (χ0v) is 11.1. The third-order valence-electron chi connectivity index (χ3n) is 2.81. The third-order valence-corrected chi connectivity index (χ3v) is 3.05. The molecule has 1 rings (SSSR count). The summed E-state index contributed by atoms with van der Waals surface area (Å²) in [6.45, 7) is 4.66. The van der Waals surface area contributed by atoms with Crippen LogP contribution in [0.15, 0.2) is 18.2 Å². The molecule has 1 amide bonds. The number of halogens is 1. The Morgan fingerprint density at radius 2 is 2.24 bits per heavy atom. The average molecular weight is 256 g/mol. The number of benzene rings is 1. The van der Waals surface area contributed by atoms with Crippen molar-refractivity contribution in [2.24, 2.45) is 0 Å². The number of hydrogen-bond acceptors (Lipinski definition) is 3. The van der Waals surface area contributed by atoms with Gasteiger partial charge in [-0.15, -0.1) is 0 Å². The molecular weight excluding hydrogens is 238 g/mol. The van der Waals surface area contributed by atoms with Gasteiger partial charge in [-0.05, 0) is 38.7 Å². The number of rotatable bonds is 4. The van der Waals surface area contributed by atoms with Gasteiger partial charge in [-0.3, -0.25) is 9.69 Å². The first-order valence-electron chi connectivity index (χ1n) is 5.51. The normalized spacial score (nSPS) is 12.5. The van der Waals surface area contributed by atoms with Gasteiger partial charge in [0.1, 0.15) is 0 Å². The lowest BCUT2D eigenvalue weighted by molar-refractivity contribution is -0.120. The Morgan fingerprint density at radius 1 is 1.59 bits per heavy atom. The Bertz CT molecular complexity index is 409. The van der Waals surface area contributed by atoms with Gasteiger partial charge in [-0.25, -0.2) is 0 Å². The fourth-order valence-corrected chi connectivity index (χ4v) is 1.54. The van der Waals surface area contributed by atoms with Crippen molar-refractivity contribution in [2.45, 2.75) is 19.9 Å². The van der Waals surface area contributed by atoms with E-state index in [0.29, 0.717) is 16.4 Å². The van der Waals surface area contributed by atoms with Crippen LogP contribution in [0.5, 0.6) is 0 Å². The van der Waals surface area contributed by atoms with Crippen LogP contribution in [-0.2, 0) is 4.79 Å². The molecule has 17 heavy (non-hydrogen) atoms. The molecule has 0 aromatic heterocycles. The Kier molecular flexibility index (Phi) is 4.78. The van der Waals surface area contributed by atoms with Crippen LogP contribution in [0.25, 0.3) is 0 Å². The molecule has 0 radical (unpaired) electrons. The summed E-state index contributed by atoms with van der Waals surface area (Å²) in [6.07, 6.45) is 0. The second-order valence-electron chi connectivity index (χ2n) is 3.97. The highest BCUT2D eigenvalue weighted by Crippen LogP contribution is 2.22. The average Bonchev–Trinajstić information content (AvgIpc) is 2.30. The smallest absolute Gasteiger partial charge is 0.241 e. The minimum absolute atomic E-state index is 0.0802. The zero-order valence-electron chi connectivity index (χ0n) is 10.3. The highest BCUT2D eigenvalue weighted by Gasteiger charge is 2.17. The number of nitrogens with one attached hydrogen (secondary N) is 1. The summed E-state index contributed by atoms with van der Waals surface area (Å²) in [7, 11) is 1.90. The maximum Gasteiger partial charge on any atom is 0.241 e. The van der Waals surface area contributed by atoms with Gasteiger partial charge in [0, 0.05) is 5.02 Å². The fraction of sp³-hybridized carbons (Fsp3) is 0.417. The first-order valence-corrected chi connectivity index (χ1v) is 5.89. The Morgan fingerprint density at radius 3 is 2.76 bits per heavy atom. The van der Waals surface area contributed by atoms with E-state index in [1.165, 1.54) is 0 Å². The first-order chi connectivity index (χ1) is 7.95. The molecule has 0 heterocycles. The van der Waals surface area contributed by atoms with E-state index >= 15 is 0 Å². The zero-order chi connectivity index (χ0) is 13.0. The summed E-state index contributed by atoms with van der Waals surface area (Å²) in [5.41, 5.74) is 6.83. The monoisotopic (exact) mass is 255 g/mol. The van der Waals surface area contributed by atoms with E-state index in [4.69, 9.17) is 17.3 Å². The lowest BCUT2D eigenvalue weighted by Crippen LogP contribution is -2.39. The summed E-state index contributed by atoms with van der Waals surface area (Å²) in [6, 6.07) is 4.82. The van der Waals surface area contributed by atoms with Crippen molar-refractivity contribution in [3.8, 4) is 0 Å². The summed E-state index contributed by atoms with van der Waals surface area (Å²) in [5.74, 6) is -0.0802. The molecule has 0 saturated carbocycles. The number of nitrogens with zero attached hydrogens (tertiary/aromatic N) is 1. The predicted molar refractivity (Wildman–Crippen MR) is 72.3 cm³/mol. The van der Waals surface area contributed by atoms with Crippen molar-refractivity contribution in [1.29, 1.82) is 0 Å². The SMILES string of the molecule is CCN(C)C(C)C(=O)Nc1ccc(Cl)cc1N. The standard InChI is InChI=1S/C12H18ClN3O/c1-4-16(3)8(2)12(17)15-11-6-5-9(13)7-10(11)14/h5-8H,4,14H2,1-3H3,(H,15,17). The van der Waals surface area contributed by atoms with Crippen molar-refractivity contribution in [2.75, 3.05) is 24.6 Å². The van der Waals surface area contributed by atoms with Gasteiger partial charge in [0.2, 0.25) is 5.91 Å². The number of carbonyl (C=O) groups is 1. The maximum atomic E-state index is 11.9. The highest BCUT2D eigenvalue weighted by molar-refractivity contribution is 6.31. The van der Waals surface area contributed by atoms with Gasteiger partial charge in [-0.2, -0.15) is 0 Å². The highest BCUT2D eigenvalue weighted by atomic mass is 35.5. The lowest BCUT2D eigenvalue weighted by atomic mass is 10.2. The number of likely N-dealkylation sites (N-methyl/N-ethyl adjacent to an activating group) is 1. The van der Waals surface area contributed by atoms with E-state index in [2.05, 4.69) is 5.32 Å². The Balaban J connectivity index is 2.74. The molecular formula is C12H18ClN3O. The number of nitrogen functional groups attached to an aromatic ring is 1. The largest absolute Gasteiger partial charge is 0.397 e.